The lowest BCUT2D eigenvalue weighted by Crippen LogP contribution is -2.18. The van der Waals surface area contributed by atoms with E-state index < -0.39 is 5.97 Å². The van der Waals surface area contributed by atoms with Gasteiger partial charge in [-0.2, -0.15) is 0 Å². The van der Waals surface area contributed by atoms with E-state index in [1.54, 1.807) is 6.92 Å². The SMILES string of the molecule is COC(=O)/C(S)=C(\C)NCCO. The van der Waals surface area contributed by atoms with Crippen molar-refractivity contribution in [2.75, 3.05) is 20.3 Å². The molecule has 0 aliphatic heterocycles. The van der Waals surface area contributed by atoms with Crippen molar-refractivity contribution in [2.24, 2.45) is 0 Å². The zero-order valence-electron chi connectivity index (χ0n) is 7.13. The lowest BCUT2D eigenvalue weighted by atomic mass is 10.4. The van der Waals surface area contributed by atoms with Gasteiger partial charge < -0.3 is 15.2 Å². The molecule has 0 rings (SSSR count). The number of ether oxygens (including phenoxy) is 1. The Morgan fingerprint density at radius 1 is 1.67 bits per heavy atom. The number of hydrogen-bond donors (Lipinski definition) is 3. The minimum absolute atomic E-state index is 0.0135. The molecule has 12 heavy (non-hydrogen) atoms. The van der Waals surface area contributed by atoms with Crippen LogP contribution in [0, 0.1) is 0 Å². The lowest BCUT2D eigenvalue weighted by molar-refractivity contribution is -0.135. The van der Waals surface area contributed by atoms with Crippen molar-refractivity contribution < 1.29 is 14.6 Å². The van der Waals surface area contributed by atoms with Crippen molar-refractivity contribution in [1.29, 1.82) is 0 Å². The number of carbonyl (C=O) groups is 1. The van der Waals surface area contributed by atoms with Crippen LogP contribution in [-0.2, 0) is 9.53 Å². The maximum absolute atomic E-state index is 10.9. The second kappa shape index (κ2) is 5.91. The van der Waals surface area contributed by atoms with Gasteiger partial charge in [-0.25, -0.2) is 4.79 Å². The van der Waals surface area contributed by atoms with Crippen LogP contribution in [0.25, 0.3) is 0 Å². The predicted octanol–water partition coefficient (Wildman–Crippen LogP) is -0.0974. The van der Waals surface area contributed by atoms with Crippen LogP contribution in [0.3, 0.4) is 0 Å². The van der Waals surface area contributed by atoms with E-state index in [-0.39, 0.29) is 11.5 Å². The Hall–Kier alpha value is -0.680. The van der Waals surface area contributed by atoms with Gasteiger partial charge in [-0.3, -0.25) is 0 Å². The van der Waals surface area contributed by atoms with Crippen LogP contribution in [0.1, 0.15) is 6.92 Å². The fourth-order valence-corrected chi connectivity index (χ4v) is 0.747. The van der Waals surface area contributed by atoms with E-state index in [1.807, 2.05) is 0 Å². The summed E-state index contributed by atoms with van der Waals surface area (Å²) in [6.07, 6.45) is 0. The summed E-state index contributed by atoms with van der Waals surface area (Å²) in [6.45, 7) is 2.10. The average molecular weight is 191 g/mol. The number of aliphatic hydroxyl groups is 1. The number of carbonyl (C=O) groups excluding carboxylic acids is 1. The molecule has 0 atom stereocenters. The Morgan fingerprint density at radius 2 is 2.25 bits per heavy atom. The summed E-state index contributed by atoms with van der Waals surface area (Å²) in [6, 6.07) is 0. The molecule has 0 saturated heterocycles. The highest BCUT2D eigenvalue weighted by atomic mass is 32.1. The highest BCUT2D eigenvalue weighted by Crippen LogP contribution is 2.07. The third kappa shape index (κ3) is 3.64. The minimum atomic E-state index is -0.485. The molecule has 0 aromatic rings. The van der Waals surface area contributed by atoms with Crippen molar-refractivity contribution in [3.8, 4) is 0 Å². The van der Waals surface area contributed by atoms with Crippen molar-refractivity contribution in [1.82, 2.24) is 5.32 Å². The predicted molar refractivity (Wildman–Crippen MR) is 48.8 cm³/mol. The molecule has 0 aliphatic rings. The molecule has 0 aromatic heterocycles. The monoisotopic (exact) mass is 191 g/mol. The van der Waals surface area contributed by atoms with E-state index in [0.717, 1.165) is 0 Å². The fraction of sp³-hybridized carbons (Fsp3) is 0.571. The highest BCUT2D eigenvalue weighted by Gasteiger charge is 2.07. The molecule has 0 aromatic carbocycles. The largest absolute Gasteiger partial charge is 0.465 e. The van der Waals surface area contributed by atoms with E-state index in [1.165, 1.54) is 7.11 Å². The lowest BCUT2D eigenvalue weighted by Gasteiger charge is -2.06. The van der Waals surface area contributed by atoms with Crippen LogP contribution in [0.5, 0.6) is 0 Å². The van der Waals surface area contributed by atoms with Crippen LogP contribution >= 0.6 is 12.6 Å². The number of allylic oxidation sites excluding steroid dienone is 1. The molecule has 0 amide bonds. The first-order valence-electron chi connectivity index (χ1n) is 3.46. The molecule has 70 valence electrons. The van der Waals surface area contributed by atoms with E-state index in [2.05, 4.69) is 22.7 Å². The molecule has 5 heteroatoms. The van der Waals surface area contributed by atoms with Gasteiger partial charge in [-0.05, 0) is 6.92 Å². The summed E-state index contributed by atoms with van der Waals surface area (Å²) in [5.41, 5.74) is 0.597. The van der Waals surface area contributed by atoms with Crippen LogP contribution in [0.4, 0.5) is 0 Å². The summed E-state index contributed by atoms with van der Waals surface area (Å²) < 4.78 is 4.44. The minimum Gasteiger partial charge on any atom is -0.465 e. The second-order valence-corrected chi connectivity index (χ2v) is 2.56. The van der Waals surface area contributed by atoms with E-state index >= 15 is 0 Å². The van der Waals surface area contributed by atoms with Crippen molar-refractivity contribution in [2.45, 2.75) is 6.92 Å². The number of thiol groups is 1. The number of aliphatic hydroxyl groups excluding tert-OH is 1. The molecule has 0 radical (unpaired) electrons. The topological polar surface area (TPSA) is 58.6 Å². The highest BCUT2D eigenvalue weighted by molar-refractivity contribution is 7.85. The molecule has 2 N–H and O–H groups in total. The van der Waals surface area contributed by atoms with Gasteiger partial charge in [-0.1, -0.05) is 0 Å². The van der Waals surface area contributed by atoms with Gasteiger partial charge in [0.25, 0.3) is 0 Å². The smallest absolute Gasteiger partial charge is 0.345 e. The molecule has 0 unspecified atom stereocenters. The molecule has 4 nitrogen and oxygen atoms in total. The first-order chi connectivity index (χ1) is 5.63. The number of hydrogen-bond acceptors (Lipinski definition) is 5. The fourth-order valence-electron chi connectivity index (χ4n) is 0.577. The standard InChI is InChI=1S/C7H13NO3S/c1-5(8-3-4-9)6(12)7(10)11-2/h8-9,12H,3-4H2,1-2H3/b6-5-. The molecular formula is C7H13NO3S. The van der Waals surface area contributed by atoms with Gasteiger partial charge in [0.15, 0.2) is 0 Å². The number of methoxy groups -OCH3 is 1. The summed E-state index contributed by atoms with van der Waals surface area (Å²) in [5, 5.41) is 11.3. The van der Waals surface area contributed by atoms with Gasteiger partial charge in [0.1, 0.15) is 4.91 Å². The molecule has 0 aliphatic carbocycles. The normalized spacial score (nSPS) is 12.0. The summed E-state index contributed by atoms with van der Waals surface area (Å²) in [5.74, 6) is -0.485. The summed E-state index contributed by atoms with van der Waals surface area (Å²) in [4.78, 5) is 11.1. The quantitative estimate of drug-likeness (QED) is 0.330. The Bertz CT molecular complexity index is 191. The van der Waals surface area contributed by atoms with Gasteiger partial charge in [-0.15, -0.1) is 12.6 Å². The van der Waals surface area contributed by atoms with Crippen molar-refractivity contribution >= 4 is 18.6 Å². The summed E-state index contributed by atoms with van der Waals surface area (Å²) in [7, 11) is 1.29. The number of rotatable bonds is 4. The van der Waals surface area contributed by atoms with Gasteiger partial charge >= 0.3 is 5.97 Å². The van der Waals surface area contributed by atoms with E-state index in [0.29, 0.717) is 12.2 Å². The third-order valence-electron chi connectivity index (χ3n) is 1.24. The number of esters is 1. The first kappa shape index (κ1) is 11.3. The molecule has 0 fully saturated rings. The molecular weight excluding hydrogens is 178 g/mol. The molecule has 0 saturated carbocycles. The Labute approximate surface area is 77.0 Å². The Kier molecular flexibility index (Phi) is 5.57. The molecule has 0 spiro atoms. The number of nitrogens with one attached hydrogen (secondary N) is 1. The zero-order chi connectivity index (χ0) is 9.56. The van der Waals surface area contributed by atoms with E-state index in [9.17, 15) is 4.79 Å². The molecule has 0 bridgehead atoms. The second-order valence-electron chi connectivity index (χ2n) is 2.12. The van der Waals surface area contributed by atoms with Crippen molar-refractivity contribution in [3.05, 3.63) is 10.6 Å². The zero-order valence-corrected chi connectivity index (χ0v) is 8.02. The third-order valence-corrected chi connectivity index (χ3v) is 1.75. The van der Waals surface area contributed by atoms with Crippen LogP contribution < -0.4 is 5.32 Å². The average Bonchev–Trinajstić information content (AvgIpc) is 2.11. The summed E-state index contributed by atoms with van der Waals surface area (Å²) >= 11 is 3.93. The van der Waals surface area contributed by atoms with Gasteiger partial charge in [0, 0.05) is 12.2 Å². The van der Waals surface area contributed by atoms with E-state index in [4.69, 9.17) is 5.11 Å². The van der Waals surface area contributed by atoms with Crippen LogP contribution in [0.15, 0.2) is 10.6 Å². The van der Waals surface area contributed by atoms with Crippen LogP contribution in [-0.4, -0.2) is 31.3 Å². The maximum atomic E-state index is 10.9. The Balaban J connectivity index is 4.15. The molecule has 0 heterocycles. The van der Waals surface area contributed by atoms with Gasteiger partial charge in [0.2, 0.25) is 0 Å². The van der Waals surface area contributed by atoms with Crippen LogP contribution in [0.2, 0.25) is 0 Å². The van der Waals surface area contributed by atoms with Crippen molar-refractivity contribution in [3.63, 3.8) is 0 Å². The maximum Gasteiger partial charge on any atom is 0.345 e. The first-order valence-corrected chi connectivity index (χ1v) is 3.91. The van der Waals surface area contributed by atoms with Gasteiger partial charge in [0.05, 0.1) is 13.7 Å². The Morgan fingerprint density at radius 3 is 2.67 bits per heavy atom.